The smallest absolute Gasteiger partial charge is 0.317 e. The van der Waals surface area contributed by atoms with E-state index in [1.165, 1.54) is 38.5 Å². The maximum atomic E-state index is 12.1. The van der Waals surface area contributed by atoms with Crippen molar-refractivity contribution in [1.29, 1.82) is 0 Å². The first-order chi connectivity index (χ1) is 8.33. The minimum Gasteiger partial charge on any atom is -0.338 e. The van der Waals surface area contributed by atoms with E-state index < -0.39 is 0 Å². The molecule has 0 bridgehead atoms. The van der Waals surface area contributed by atoms with E-state index in [-0.39, 0.29) is 6.03 Å². The van der Waals surface area contributed by atoms with Crippen molar-refractivity contribution in [2.75, 3.05) is 13.1 Å². The zero-order valence-electron chi connectivity index (χ0n) is 11.1. The molecule has 1 aliphatic carbocycles. The molecule has 0 radical (unpaired) electrons. The summed E-state index contributed by atoms with van der Waals surface area (Å²) in [6.45, 7) is 3.96. The molecule has 2 aliphatic rings. The van der Waals surface area contributed by atoms with Gasteiger partial charge in [-0.15, -0.1) is 0 Å². The Bertz CT molecular complexity index is 253. The first-order valence-corrected chi connectivity index (χ1v) is 7.37. The number of amides is 2. The van der Waals surface area contributed by atoms with E-state index in [4.69, 9.17) is 0 Å². The van der Waals surface area contributed by atoms with Crippen LogP contribution in [0.3, 0.4) is 0 Å². The van der Waals surface area contributed by atoms with Crippen LogP contribution in [0.1, 0.15) is 58.3 Å². The number of likely N-dealkylation sites (tertiary alicyclic amines) is 1. The van der Waals surface area contributed by atoms with Gasteiger partial charge in [-0.05, 0) is 38.0 Å². The Balaban J connectivity index is 1.87. The molecule has 98 valence electrons. The van der Waals surface area contributed by atoms with Gasteiger partial charge in [0.05, 0.1) is 0 Å². The molecule has 2 amide bonds. The lowest BCUT2D eigenvalue weighted by Gasteiger charge is -2.44. The molecule has 1 heterocycles. The largest absolute Gasteiger partial charge is 0.338 e. The Morgan fingerprint density at radius 1 is 1.24 bits per heavy atom. The first kappa shape index (κ1) is 12.7. The van der Waals surface area contributed by atoms with E-state index in [1.54, 1.807) is 0 Å². The summed E-state index contributed by atoms with van der Waals surface area (Å²) in [4.78, 5) is 14.3. The molecule has 3 nitrogen and oxygen atoms in total. The van der Waals surface area contributed by atoms with Crippen molar-refractivity contribution in [3.8, 4) is 0 Å². The number of unbranched alkanes of at least 4 members (excludes halogenated alkanes) is 1. The number of hydrogen-bond donors (Lipinski definition) is 1. The topological polar surface area (TPSA) is 32.3 Å². The van der Waals surface area contributed by atoms with Crippen LogP contribution >= 0.6 is 0 Å². The highest BCUT2D eigenvalue weighted by atomic mass is 16.2. The summed E-state index contributed by atoms with van der Waals surface area (Å²) >= 11 is 0. The van der Waals surface area contributed by atoms with Gasteiger partial charge < -0.3 is 10.2 Å². The Morgan fingerprint density at radius 2 is 2.00 bits per heavy atom. The molecule has 2 unspecified atom stereocenters. The summed E-state index contributed by atoms with van der Waals surface area (Å²) in [5.41, 5.74) is 0. The molecule has 0 aromatic heterocycles. The summed E-state index contributed by atoms with van der Waals surface area (Å²) in [6, 6.07) is 0.731. The highest BCUT2D eigenvalue weighted by Gasteiger charge is 2.35. The van der Waals surface area contributed by atoms with Gasteiger partial charge in [-0.2, -0.15) is 0 Å². The maximum absolute atomic E-state index is 12.1. The molecule has 17 heavy (non-hydrogen) atoms. The maximum Gasteiger partial charge on any atom is 0.317 e. The van der Waals surface area contributed by atoms with Crippen LogP contribution in [-0.4, -0.2) is 30.1 Å². The van der Waals surface area contributed by atoms with Gasteiger partial charge in [0.15, 0.2) is 0 Å². The highest BCUT2D eigenvalue weighted by molar-refractivity contribution is 5.74. The number of hydrogen-bond acceptors (Lipinski definition) is 1. The number of nitrogens with one attached hydrogen (secondary N) is 1. The summed E-state index contributed by atoms with van der Waals surface area (Å²) in [7, 11) is 0. The number of rotatable bonds is 3. The average molecular weight is 238 g/mol. The molecule has 3 heteroatoms. The normalized spacial score (nSPS) is 28.6. The Morgan fingerprint density at radius 3 is 2.82 bits per heavy atom. The fourth-order valence-corrected chi connectivity index (χ4v) is 3.35. The van der Waals surface area contributed by atoms with E-state index in [0.717, 1.165) is 31.8 Å². The van der Waals surface area contributed by atoms with E-state index >= 15 is 0 Å². The molecule has 2 rings (SSSR count). The monoisotopic (exact) mass is 238 g/mol. The van der Waals surface area contributed by atoms with Gasteiger partial charge in [-0.1, -0.05) is 26.2 Å². The van der Waals surface area contributed by atoms with Crippen molar-refractivity contribution < 1.29 is 4.79 Å². The lowest BCUT2D eigenvalue weighted by atomic mass is 9.78. The van der Waals surface area contributed by atoms with Crippen LogP contribution in [0.5, 0.6) is 0 Å². The van der Waals surface area contributed by atoms with Gasteiger partial charge in [-0.3, -0.25) is 0 Å². The highest BCUT2D eigenvalue weighted by Crippen LogP contribution is 2.35. The van der Waals surface area contributed by atoms with Crippen molar-refractivity contribution in [1.82, 2.24) is 10.2 Å². The zero-order chi connectivity index (χ0) is 12.1. The fraction of sp³-hybridized carbons (Fsp3) is 0.929. The van der Waals surface area contributed by atoms with Crippen LogP contribution in [-0.2, 0) is 0 Å². The first-order valence-electron chi connectivity index (χ1n) is 7.37. The predicted octanol–water partition coefficient (Wildman–Crippen LogP) is 3.15. The standard InChI is InChI=1S/C14H26N2O/c1-2-3-10-15-14(17)16-11-6-8-12-7-4-5-9-13(12)16/h12-13H,2-11H2,1H3,(H,15,17). The van der Waals surface area contributed by atoms with Crippen LogP contribution in [0.2, 0.25) is 0 Å². The lowest BCUT2D eigenvalue weighted by Crippen LogP contribution is -2.53. The third kappa shape index (κ3) is 3.14. The lowest BCUT2D eigenvalue weighted by molar-refractivity contribution is 0.0842. The molecular weight excluding hydrogens is 212 g/mol. The number of urea groups is 1. The Hall–Kier alpha value is -0.730. The second-order valence-corrected chi connectivity index (χ2v) is 5.53. The van der Waals surface area contributed by atoms with Crippen LogP contribution < -0.4 is 5.32 Å². The summed E-state index contributed by atoms with van der Waals surface area (Å²) in [5, 5.41) is 3.07. The van der Waals surface area contributed by atoms with E-state index in [2.05, 4.69) is 17.1 Å². The summed E-state index contributed by atoms with van der Waals surface area (Å²) in [5.74, 6) is 0.787. The van der Waals surface area contributed by atoms with Crippen molar-refractivity contribution in [2.45, 2.75) is 64.3 Å². The van der Waals surface area contributed by atoms with Crippen LogP contribution in [0, 0.1) is 5.92 Å². The van der Waals surface area contributed by atoms with Gasteiger partial charge in [0.1, 0.15) is 0 Å². The second-order valence-electron chi connectivity index (χ2n) is 5.53. The quantitative estimate of drug-likeness (QED) is 0.753. The van der Waals surface area contributed by atoms with Crippen LogP contribution in [0.4, 0.5) is 4.79 Å². The second kappa shape index (κ2) is 6.27. The van der Waals surface area contributed by atoms with Gasteiger partial charge >= 0.3 is 6.03 Å². The number of fused-ring (bicyclic) bond motifs is 1. The molecule has 1 saturated heterocycles. The molecule has 1 N–H and O–H groups in total. The van der Waals surface area contributed by atoms with Crippen molar-refractivity contribution >= 4 is 6.03 Å². The van der Waals surface area contributed by atoms with E-state index in [1.807, 2.05) is 0 Å². The fourth-order valence-electron chi connectivity index (χ4n) is 3.35. The van der Waals surface area contributed by atoms with Crippen molar-refractivity contribution in [3.63, 3.8) is 0 Å². The molecule has 1 saturated carbocycles. The molecule has 0 aromatic carbocycles. The number of carbonyl (C=O) groups excluding carboxylic acids is 1. The third-order valence-electron chi connectivity index (χ3n) is 4.31. The zero-order valence-corrected chi connectivity index (χ0v) is 11.1. The molecule has 1 aliphatic heterocycles. The summed E-state index contributed by atoms with van der Waals surface area (Å²) < 4.78 is 0. The molecular formula is C14H26N2O. The number of carbonyl (C=O) groups is 1. The predicted molar refractivity (Wildman–Crippen MR) is 70.0 cm³/mol. The minimum atomic E-state index is 0.190. The number of nitrogens with zero attached hydrogens (tertiary/aromatic N) is 1. The molecule has 0 spiro atoms. The minimum absolute atomic E-state index is 0.190. The molecule has 2 fully saturated rings. The van der Waals surface area contributed by atoms with Gasteiger partial charge in [0.2, 0.25) is 0 Å². The van der Waals surface area contributed by atoms with Crippen molar-refractivity contribution in [2.24, 2.45) is 5.92 Å². The van der Waals surface area contributed by atoms with E-state index in [0.29, 0.717) is 6.04 Å². The Labute approximate surface area is 105 Å². The van der Waals surface area contributed by atoms with Gasteiger partial charge in [-0.25, -0.2) is 4.79 Å². The van der Waals surface area contributed by atoms with Gasteiger partial charge in [0, 0.05) is 19.1 Å². The van der Waals surface area contributed by atoms with Crippen LogP contribution in [0.15, 0.2) is 0 Å². The average Bonchev–Trinajstić information content (AvgIpc) is 2.38. The molecule has 0 aromatic rings. The van der Waals surface area contributed by atoms with Crippen molar-refractivity contribution in [3.05, 3.63) is 0 Å². The summed E-state index contributed by atoms with van der Waals surface area (Å²) in [6.07, 6.45) is 10.0. The van der Waals surface area contributed by atoms with Gasteiger partial charge in [0.25, 0.3) is 0 Å². The van der Waals surface area contributed by atoms with E-state index in [9.17, 15) is 4.79 Å². The Kier molecular flexibility index (Phi) is 4.69. The van der Waals surface area contributed by atoms with Crippen LogP contribution in [0.25, 0.3) is 0 Å². The SMILES string of the molecule is CCCCNC(=O)N1CCCC2CCCCC21. The third-order valence-corrected chi connectivity index (χ3v) is 4.31. The molecule has 2 atom stereocenters. The number of piperidine rings is 1.